The van der Waals surface area contributed by atoms with Crippen LogP contribution < -0.4 is 5.48 Å². The predicted octanol–water partition coefficient (Wildman–Crippen LogP) is 1.91. The number of nitro benzene ring substituents is 1. The van der Waals surface area contributed by atoms with Crippen LogP contribution in [0.25, 0.3) is 0 Å². The second-order valence-electron chi connectivity index (χ2n) is 3.08. The summed E-state index contributed by atoms with van der Waals surface area (Å²) in [4.78, 5) is 21.2. The summed E-state index contributed by atoms with van der Waals surface area (Å²) in [5.41, 5.74) is 1.73. The van der Waals surface area contributed by atoms with Gasteiger partial charge in [-0.1, -0.05) is 6.07 Å². The van der Waals surface area contributed by atoms with Gasteiger partial charge in [0.25, 0.3) is 5.69 Å². The zero-order chi connectivity index (χ0) is 11.6. The molecular formula is C9H10N2O4. The first-order valence-corrected chi connectivity index (χ1v) is 4.18. The van der Waals surface area contributed by atoms with Gasteiger partial charge in [-0.15, -0.1) is 0 Å². The molecule has 0 aromatic heterocycles. The van der Waals surface area contributed by atoms with Gasteiger partial charge >= 0.3 is 0 Å². The largest absolute Gasteiger partial charge is 0.298 e. The van der Waals surface area contributed by atoms with Crippen LogP contribution in [0.2, 0.25) is 0 Å². The molecule has 0 aliphatic carbocycles. The lowest BCUT2D eigenvalue weighted by Crippen LogP contribution is -2.05. The highest BCUT2D eigenvalue weighted by Gasteiger charge is 2.22. The number of benzene rings is 1. The molecule has 2 N–H and O–H groups in total. The number of carbonyl (C=O) groups is 1. The van der Waals surface area contributed by atoms with Crippen molar-refractivity contribution in [3.8, 4) is 0 Å². The van der Waals surface area contributed by atoms with E-state index in [-0.39, 0.29) is 22.7 Å². The maximum absolute atomic E-state index is 11.1. The molecule has 0 fully saturated rings. The molecule has 0 aliphatic rings. The maximum atomic E-state index is 11.1. The van der Waals surface area contributed by atoms with E-state index in [1.54, 1.807) is 5.48 Å². The molecule has 0 aliphatic heterocycles. The van der Waals surface area contributed by atoms with Crippen molar-refractivity contribution >= 4 is 17.2 Å². The Morgan fingerprint density at radius 2 is 2.13 bits per heavy atom. The zero-order valence-corrected chi connectivity index (χ0v) is 8.27. The Hall–Kier alpha value is -1.95. The van der Waals surface area contributed by atoms with Crippen LogP contribution in [-0.4, -0.2) is 15.9 Å². The molecule has 0 radical (unpaired) electrons. The van der Waals surface area contributed by atoms with Crippen LogP contribution in [0.1, 0.15) is 22.8 Å². The third-order valence-corrected chi connectivity index (χ3v) is 2.05. The highest BCUT2D eigenvalue weighted by Crippen LogP contribution is 2.31. The topological polar surface area (TPSA) is 92.5 Å². The Balaban J connectivity index is 3.54. The van der Waals surface area contributed by atoms with Crippen LogP contribution in [0.15, 0.2) is 12.1 Å². The quantitative estimate of drug-likeness (QED) is 0.451. The lowest BCUT2D eigenvalue weighted by Gasteiger charge is -2.07. The fourth-order valence-corrected chi connectivity index (χ4v) is 1.34. The molecule has 15 heavy (non-hydrogen) atoms. The molecule has 1 aromatic carbocycles. The summed E-state index contributed by atoms with van der Waals surface area (Å²) in [6.07, 6.45) is 0. The third-order valence-electron chi connectivity index (χ3n) is 2.05. The molecule has 0 spiro atoms. The number of aryl methyl sites for hydroxylation is 1. The Kier molecular flexibility index (Phi) is 3.01. The Labute approximate surface area is 85.6 Å². The zero-order valence-electron chi connectivity index (χ0n) is 8.27. The minimum atomic E-state index is -0.639. The highest BCUT2D eigenvalue weighted by atomic mass is 16.6. The van der Waals surface area contributed by atoms with E-state index in [0.29, 0.717) is 5.56 Å². The van der Waals surface area contributed by atoms with Crippen molar-refractivity contribution in [3.63, 3.8) is 0 Å². The van der Waals surface area contributed by atoms with Gasteiger partial charge in [0, 0.05) is 11.1 Å². The van der Waals surface area contributed by atoms with Crippen molar-refractivity contribution in [2.45, 2.75) is 13.8 Å². The van der Waals surface area contributed by atoms with Gasteiger partial charge in [-0.05, 0) is 19.9 Å². The summed E-state index contributed by atoms with van der Waals surface area (Å²) < 4.78 is 0. The van der Waals surface area contributed by atoms with Gasteiger partial charge in [0.2, 0.25) is 0 Å². The Morgan fingerprint density at radius 3 is 2.53 bits per heavy atom. The smallest absolute Gasteiger partial charge is 0.294 e. The van der Waals surface area contributed by atoms with Gasteiger partial charge in [0.05, 0.1) is 4.92 Å². The van der Waals surface area contributed by atoms with Crippen LogP contribution in [0.5, 0.6) is 0 Å². The van der Waals surface area contributed by atoms with E-state index in [4.69, 9.17) is 5.21 Å². The van der Waals surface area contributed by atoms with Crippen molar-refractivity contribution in [2.24, 2.45) is 0 Å². The summed E-state index contributed by atoms with van der Waals surface area (Å²) in [7, 11) is 0. The number of carbonyl (C=O) groups excluding carboxylic acids is 1. The number of Topliss-reactive ketones (excluding diaryl/α,β-unsaturated/α-hetero) is 1. The molecule has 1 aromatic rings. The Bertz CT molecular complexity index is 428. The monoisotopic (exact) mass is 210 g/mol. The van der Waals surface area contributed by atoms with Gasteiger partial charge < -0.3 is 0 Å². The van der Waals surface area contributed by atoms with Gasteiger partial charge in [-0.2, -0.15) is 0 Å². The lowest BCUT2D eigenvalue weighted by atomic mass is 10.0. The first-order chi connectivity index (χ1) is 6.99. The van der Waals surface area contributed by atoms with Gasteiger partial charge in [-0.25, -0.2) is 0 Å². The summed E-state index contributed by atoms with van der Waals surface area (Å²) in [5.74, 6) is -0.352. The van der Waals surface area contributed by atoms with Crippen molar-refractivity contribution < 1.29 is 14.9 Å². The van der Waals surface area contributed by atoms with Crippen LogP contribution in [0, 0.1) is 17.0 Å². The molecule has 0 bridgehead atoms. The molecular weight excluding hydrogens is 200 g/mol. The third kappa shape index (κ3) is 1.94. The minimum Gasteiger partial charge on any atom is -0.294 e. The van der Waals surface area contributed by atoms with E-state index in [2.05, 4.69) is 0 Å². The van der Waals surface area contributed by atoms with Crippen LogP contribution in [0.3, 0.4) is 0 Å². The van der Waals surface area contributed by atoms with Gasteiger partial charge in [-0.3, -0.25) is 25.6 Å². The molecule has 1 rings (SSSR count). The molecule has 0 saturated heterocycles. The van der Waals surface area contributed by atoms with E-state index in [9.17, 15) is 14.9 Å². The van der Waals surface area contributed by atoms with Crippen molar-refractivity contribution in [1.82, 2.24) is 0 Å². The predicted molar refractivity (Wildman–Crippen MR) is 53.2 cm³/mol. The molecule has 0 atom stereocenters. The number of rotatable bonds is 3. The number of nitro groups is 1. The minimum absolute atomic E-state index is 0.0924. The second kappa shape index (κ2) is 4.05. The molecule has 0 saturated carbocycles. The van der Waals surface area contributed by atoms with Gasteiger partial charge in [0.15, 0.2) is 5.78 Å². The summed E-state index contributed by atoms with van der Waals surface area (Å²) >= 11 is 0. The normalized spacial score (nSPS) is 9.80. The lowest BCUT2D eigenvalue weighted by molar-refractivity contribution is -0.384. The maximum Gasteiger partial charge on any atom is 0.298 e. The van der Waals surface area contributed by atoms with Crippen LogP contribution >= 0.6 is 0 Å². The molecule has 6 heteroatoms. The molecule has 0 amide bonds. The van der Waals surface area contributed by atoms with Crippen LogP contribution in [-0.2, 0) is 0 Å². The number of hydrogen-bond acceptors (Lipinski definition) is 5. The van der Waals surface area contributed by atoms with E-state index in [0.717, 1.165) is 0 Å². The SMILES string of the molecule is CC(=O)c1ccc(C)c([N+](=O)[O-])c1NO. The molecule has 0 heterocycles. The summed E-state index contributed by atoms with van der Waals surface area (Å²) in [5, 5.41) is 19.5. The fourth-order valence-electron chi connectivity index (χ4n) is 1.34. The average Bonchev–Trinajstić information content (AvgIpc) is 2.15. The van der Waals surface area contributed by atoms with E-state index in [1.165, 1.54) is 26.0 Å². The van der Waals surface area contributed by atoms with E-state index < -0.39 is 4.92 Å². The summed E-state index contributed by atoms with van der Waals surface area (Å²) in [6, 6.07) is 2.90. The molecule has 80 valence electrons. The van der Waals surface area contributed by atoms with Crippen molar-refractivity contribution in [1.29, 1.82) is 0 Å². The number of anilines is 1. The fraction of sp³-hybridized carbons (Fsp3) is 0.222. The van der Waals surface area contributed by atoms with Crippen LogP contribution in [0.4, 0.5) is 11.4 Å². The van der Waals surface area contributed by atoms with E-state index >= 15 is 0 Å². The molecule has 6 nitrogen and oxygen atoms in total. The standard InChI is InChI=1S/C9H10N2O4/c1-5-3-4-7(6(2)12)8(10-13)9(5)11(14)15/h3-4,10,13H,1-2H3. The van der Waals surface area contributed by atoms with Crippen molar-refractivity contribution in [2.75, 3.05) is 5.48 Å². The second-order valence-corrected chi connectivity index (χ2v) is 3.08. The first kappa shape index (κ1) is 11.1. The summed E-state index contributed by atoms with van der Waals surface area (Å²) in [6.45, 7) is 2.80. The highest BCUT2D eigenvalue weighted by molar-refractivity contribution is 6.01. The number of hydrogen-bond donors (Lipinski definition) is 2. The number of ketones is 1. The number of nitrogens with one attached hydrogen (secondary N) is 1. The van der Waals surface area contributed by atoms with E-state index in [1.807, 2.05) is 0 Å². The van der Waals surface area contributed by atoms with Gasteiger partial charge in [0.1, 0.15) is 5.69 Å². The number of nitrogens with zero attached hydrogens (tertiary/aromatic N) is 1. The Morgan fingerprint density at radius 1 is 1.53 bits per heavy atom. The average molecular weight is 210 g/mol. The van der Waals surface area contributed by atoms with Crippen molar-refractivity contribution in [3.05, 3.63) is 33.4 Å². The molecule has 0 unspecified atom stereocenters. The first-order valence-electron chi connectivity index (χ1n) is 4.18.